The molecular weight excluding hydrogens is 376 g/mol. The zero-order valence-corrected chi connectivity index (χ0v) is 15.7. The summed E-state index contributed by atoms with van der Waals surface area (Å²) in [6.45, 7) is 1.82. The summed E-state index contributed by atoms with van der Waals surface area (Å²) in [7, 11) is 2.39. The third-order valence-corrected chi connectivity index (χ3v) is 3.13. The van der Waals surface area contributed by atoms with Crippen LogP contribution in [0.2, 0.25) is 0 Å². The fourth-order valence-electron chi connectivity index (χ4n) is 1.82. The Morgan fingerprint density at radius 3 is 2.04 bits per heavy atom. The first-order valence-corrected chi connectivity index (χ1v) is 8.00. The summed E-state index contributed by atoms with van der Waals surface area (Å²) in [6, 6.07) is 4.06. The van der Waals surface area contributed by atoms with Crippen molar-refractivity contribution in [1.29, 1.82) is 0 Å². The van der Waals surface area contributed by atoms with E-state index in [1.54, 1.807) is 6.92 Å². The Bertz CT molecular complexity index is 755. The molecule has 0 saturated heterocycles. The minimum absolute atomic E-state index is 0.0826. The van der Waals surface area contributed by atoms with Gasteiger partial charge in [0.15, 0.2) is 5.11 Å². The molecule has 0 aliphatic heterocycles. The number of carbonyl (C=O) groups excluding carboxylic acids is 4. The lowest BCUT2D eigenvalue weighted by Gasteiger charge is -2.11. The molecule has 27 heavy (non-hydrogen) atoms. The van der Waals surface area contributed by atoms with Gasteiger partial charge in [0.05, 0.1) is 32.0 Å². The van der Waals surface area contributed by atoms with Gasteiger partial charge < -0.3 is 19.5 Å². The maximum atomic E-state index is 11.7. The number of hydrogen-bond donors (Lipinski definition) is 2. The van der Waals surface area contributed by atoms with E-state index < -0.39 is 23.8 Å². The lowest BCUT2D eigenvalue weighted by atomic mass is 10.1. The van der Waals surface area contributed by atoms with E-state index in [1.807, 2.05) is 0 Å². The van der Waals surface area contributed by atoms with Gasteiger partial charge >= 0.3 is 17.9 Å². The highest BCUT2D eigenvalue weighted by molar-refractivity contribution is 7.80. The number of esters is 3. The lowest BCUT2D eigenvalue weighted by molar-refractivity contribution is -0.137. The van der Waals surface area contributed by atoms with Crippen molar-refractivity contribution in [3.05, 3.63) is 41.5 Å². The molecule has 0 aliphatic carbocycles. The van der Waals surface area contributed by atoms with Crippen LogP contribution >= 0.6 is 12.2 Å². The molecule has 10 heteroatoms. The van der Waals surface area contributed by atoms with Gasteiger partial charge in [0.2, 0.25) is 5.91 Å². The van der Waals surface area contributed by atoms with Crippen LogP contribution in [-0.4, -0.2) is 49.8 Å². The number of benzene rings is 1. The Morgan fingerprint density at radius 1 is 1.00 bits per heavy atom. The molecule has 0 atom stereocenters. The van der Waals surface area contributed by atoms with Crippen LogP contribution in [-0.2, 0) is 23.8 Å². The summed E-state index contributed by atoms with van der Waals surface area (Å²) in [4.78, 5) is 46.3. The van der Waals surface area contributed by atoms with E-state index in [0.29, 0.717) is 0 Å². The predicted octanol–water partition coefficient (Wildman–Crippen LogP) is 1.19. The van der Waals surface area contributed by atoms with Gasteiger partial charge in [0.1, 0.15) is 0 Å². The number of ether oxygens (including phenoxy) is 3. The van der Waals surface area contributed by atoms with Crippen LogP contribution in [0.1, 0.15) is 27.6 Å². The summed E-state index contributed by atoms with van der Waals surface area (Å²) in [6.07, 6.45) is 1.91. The van der Waals surface area contributed by atoms with E-state index in [4.69, 9.17) is 12.2 Å². The highest BCUT2D eigenvalue weighted by Gasteiger charge is 2.14. The Balaban J connectivity index is 2.88. The zero-order chi connectivity index (χ0) is 20.4. The Labute approximate surface area is 160 Å². The van der Waals surface area contributed by atoms with E-state index in [1.165, 1.54) is 32.4 Å². The van der Waals surface area contributed by atoms with E-state index in [2.05, 4.69) is 24.8 Å². The highest BCUT2D eigenvalue weighted by atomic mass is 32.1. The van der Waals surface area contributed by atoms with Crippen molar-refractivity contribution >= 4 is 46.8 Å². The Hall–Kier alpha value is -3.27. The molecule has 0 aliphatic rings. The predicted molar refractivity (Wildman–Crippen MR) is 99.3 cm³/mol. The molecular formula is C17H18N2O7S. The number of amides is 1. The number of carbonyl (C=O) groups is 4. The van der Waals surface area contributed by atoms with Crippen LogP contribution in [0.5, 0.6) is 0 Å². The van der Waals surface area contributed by atoms with Gasteiger partial charge in [-0.2, -0.15) is 0 Å². The molecule has 1 rings (SSSR count). The second kappa shape index (κ2) is 10.7. The third kappa shape index (κ3) is 7.24. The molecule has 2 N–H and O–H groups in total. The number of nitrogens with one attached hydrogen (secondary N) is 2. The number of hydrogen-bond acceptors (Lipinski definition) is 8. The fourth-order valence-corrected chi connectivity index (χ4v) is 2.04. The maximum Gasteiger partial charge on any atom is 0.337 e. The smallest absolute Gasteiger partial charge is 0.337 e. The normalized spacial score (nSPS) is 10.0. The van der Waals surface area contributed by atoms with Crippen LogP contribution in [0.4, 0.5) is 5.69 Å². The summed E-state index contributed by atoms with van der Waals surface area (Å²) in [5.74, 6) is -2.68. The number of rotatable bonds is 6. The minimum atomic E-state index is -0.670. The molecule has 1 aromatic rings. The number of methoxy groups -OCH3 is 2. The molecule has 0 fully saturated rings. The highest BCUT2D eigenvalue weighted by Crippen LogP contribution is 2.17. The molecule has 9 nitrogen and oxygen atoms in total. The first kappa shape index (κ1) is 21.8. The SMILES string of the molecule is CCOC(=O)C=CC(=O)NC(=S)Nc1cc(C(=O)OC)cc(C(=O)OC)c1. The molecule has 0 bridgehead atoms. The molecule has 0 aromatic heterocycles. The van der Waals surface area contributed by atoms with Crippen molar-refractivity contribution in [3.63, 3.8) is 0 Å². The first-order valence-electron chi connectivity index (χ1n) is 7.59. The van der Waals surface area contributed by atoms with Crippen molar-refractivity contribution in [1.82, 2.24) is 5.32 Å². The van der Waals surface area contributed by atoms with Gasteiger partial charge in [0.25, 0.3) is 0 Å². The monoisotopic (exact) mass is 394 g/mol. The van der Waals surface area contributed by atoms with E-state index in [-0.39, 0.29) is 28.5 Å². The van der Waals surface area contributed by atoms with Gasteiger partial charge in [-0.1, -0.05) is 0 Å². The van der Waals surface area contributed by atoms with Crippen LogP contribution in [0.25, 0.3) is 0 Å². The summed E-state index contributed by atoms with van der Waals surface area (Å²) < 4.78 is 13.9. The van der Waals surface area contributed by atoms with Crippen molar-refractivity contribution in [2.45, 2.75) is 6.92 Å². The fraction of sp³-hybridized carbons (Fsp3) is 0.235. The van der Waals surface area contributed by atoms with Crippen LogP contribution in [0, 0.1) is 0 Å². The molecule has 1 amide bonds. The largest absolute Gasteiger partial charge is 0.465 e. The summed E-state index contributed by atoms with van der Waals surface area (Å²) >= 11 is 4.99. The van der Waals surface area contributed by atoms with Crippen molar-refractivity contribution in [2.24, 2.45) is 0 Å². The summed E-state index contributed by atoms with van der Waals surface area (Å²) in [5, 5.41) is 4.84. The average molecular weight is 394 g/mol. The van der Waals surface area contributed by atoms with Gasteiger partial charge in [0, 0.05) is 17.8 Å². The standard InChI is InChI=1S/C17H18N2O7S/c1-4-26-14(21)6-5-13(20)19-17(27)18-12-8-10(15(22)24-2)7-11(9-12)16(23)25-3/h5-9H,4H2,1-3H3,(H2,18,19,20,27). The topological polar surface area (TPSA) is 120 Å². The number of anilines is 1. The van der Waals surface area contributed by atoms with Crippen LogP contribution in [0.15, 0.2) is 30.4 Å². The molecule has 0 radical (unpaired) electrons. The quantitative estimate of drug-likeness (QED) is 0.317. The van der Waals surface area contributed by atoms with E-state index >= 15 is 0 Å². The van der Waals surface area contributed by atoms with Crippen molar-refractivity contribution in [2.75, 3.05) is 26.1 Å². The Morgan fingerprint density at radius 2 is 1.56 bits per heavy atom. The minimum Gasteiger partial charge on any atom is -0.465 e. The van der Waals surface area contributed by atoms with Crippen molar-refractivity contribution in [3.8, 4) is 0 Å². The number of thiocarbonyl (C=S) groups is 1. The van der Waals surface area contributed by atoms with Gasteiger partial charge in [-0.05, 0) is 37.3 Å². The molecule has 1 aromatic carbocycles. The van der Waals surface area contributed by atoms with Crippen molar-refractivity contribution < 1.29 is 33.4 Å². The van der Waals surface area contributed by atoms with E-state index in [0.717, 1.165) is 12.2 Å². The second-order valence-corrected chi connectivity index (χ2v) is 5.22. The van der Waals surface area contributed by atoms with E-state index in [9.17, 15) is 19.2 Å². The van der Waals surface area contributed by atoms with Gasteiger partial charge in [-0.3, -0.25) is 10.1 Å². The molecule has 0 spiro atoms. The first-order chi connectivity index (χ1) is 12.8. The molecule has 144 valence electrons. The molecule has 0 heterocycles. The zero-order valence-electron chi connectivity index (χ0n) is 14.9. The third-order valence-electron chi connectivity index (χ3n) is 2.93. The molecule has 0 saturated carbocycles. The maximum absolute atomic E-state index is 11.7. The Kier molecular flexibility index (Phi) is 8.60. The van der Waals surface area contributed by atoms with Gasteiger partial charge in [-0.25, -0.2) is 14.4 Å². The molecule has 0 unspecified atom stereocenters. The lowest BCUT2D eigenvalue weighted by Crippen LogP contribution is -2.33. The van der Waals surface area contributed by atoms with Gasteiger partial charge in [-0.15, -0.1) is 0 Å². The van der Waals surface area contributed by atoms with Crippen LogP contribution in [0.3, 0.4) is 0 Å². The average Bonchev–Trinajstić information content (AvgIpc) is 2.64. The summed E-state index contributed by atoms with van der Waals surface area (Å²) in [5.41, 5.74) is 0.413. The van der Waals surface area contributed by atoms with Crippen LogP contribution < -0.4 is 10.6 Å². The second-order valence-electron chi connectivity index (χ2n) is 4.81.